The number of carboxylic acids is 1. The maximum Gasteiger partial charge on any atom is 0.328 e. The van der Waals surface area contributed by atoms with E-state index in [1.165, 1.54) is 31.8 Å². The van der Waals surface area contributed by atoms with Crippen LogP contribution in [0, 0.1) is 0 Å². The number of ether oxygens (including phenoxy) is 1. The van der Waals surface area contributed by atoms with Crippen LogP contribution in [0.3, 0.4) is 0 Å². The second kappa shape index (κ2) is 5.87. The number of nitrogens with two attached hydrogens (primary N) is 1. The quantitative estimate of drug-likeness (QED) is 0.642. The van der Waals surface area contributed by atoms with Crippen molar-refractivity contribution in [3.05, 3.63) is 35.4 Å². The first-order valence-electron chi connectivity index (χ1n) is 7.81. The van der Waals surface area contributed by atoms with Crippen LogP contribution in [0.1, 0.15) is 49.7 Å². The van der Waals surface area contributed by atoms with Crippen LogP contribution in [0.15, 0.2) is 24.3 Å². The lowest BCUT2D eigenvalue weighted by Crippen LogP contribution is -2.35. The van der Waals surface area contributed by atoms with Gasteiger partial charge < -0.3 is 15.6 Å². The molecule has 1 aromatic carbocycles. The second-order valence-electron chi connectivity index (χ2n) is 6.07. The number of carboxylic acid groups (broad SMARTS) is 1. The van der Waals surface area contributed by atoms with Crippen molar-refractivity contribution in [3.8, 4) is 5.75 Å². The van der Waals surface area contributed by atoms with Gasteiger partial charge in [0, 0.05) is 17.3 Å². The minimum atomic E-state index is -0.985. The summed E-state index contributed by atoms with van der Waals surface area (Å²) in [5.41, 5.74) is 8.09. The molecule has 0 atom stereocenters. The van der Waals surface area contributed by atoms with Gasteiger partial charge in [-0.25, -0.2) is 4.79 Å². The number of anilines is 1. The molecule has 1 aromatic rings. The van der Waals surface area contributed by atoms with Crippen LogP contribution in [0.4, 0.5) is 5.69 Å². The van der Waals surface area contributed by atoms with Gasteiger partial charge in [0.25, 0.3) is 0 Å². The summed E-state index contributed by atoms with van der Waals surface area (Å²) in [6.07, 6.45) is 13.8. The Bertz CT molecular complexity index is 638. The molecule has 3 rings (SSSR count). The number of aliphatic carboxylic acids is 1. The van der Waals surface area contributed by atoms with E-state index >= 15 is 0 Å². The minimum absolute atomic E-state index is 0.186. The highest BCUT2D eigenvalue weighted by Crippen LogP contribution is 2.41. The van der Waals surface area contributed by atoms with E-state index in [9.17, 15) is 4.79 Å². The summed E-state index contributed by atoms with van der Waals surface area (Å²) in [5.74, 6) is -0.185. The first kappa shape index (κ1) is 14.7. The fourth-order valence-electron chi connectivity index (χ4n) is 3.28. The second-order valence-corrected chi connectivity index (χ2v) is 6.07. The van der Waals surface area contributed by atoms with Crippen molar-refractivity contribution in [2.45, 2.75) is 44.1 Å². The van der Waals surface area contributed by atoms with Crippen molar-refractivity contribution in [1.82, 2.24) is 0 Å². The Labute approximate surface area is 130 Å². The Balaban J connectivity index is 1.91. The standard InChI is InChI=1S/C18H21NO3/c19-17-13(6-8-16(20)21)5-7-15-14(17)9-12-18(22-15)10-3-1-2-4-11-18/h5-9,12H,1-4,10-11,19H2,(H,20,21)/b8-6+. The van der Waals surface area contributed by atoms with Gasteiger partial charge in [0.15, 0.2) is 0 Å². The predicted octanol–water partition coefficient (Wildman–Crippen LogP) is 3.87. The lowest BCUT2D eigenvalue weighted by atomic mass is 9.89. The highest BCUT2D eigenvalue weighted by Gasteiger charge is 2.33. The molecule has 1 saturated carbocycles. The number of rotatable bonds is 2. The number of hydrogen-bond donors (Lipinski definition) is 2. The normalized spacial score (nSPS) is 19.6. The highest BCUT2D eigenvalue weighted by molar-refractivity contribution is 5.88. The van der Waals surface area contributed by atoms with Crippen molar-refractivity contribution in [2.24, 2.45) is 0 Å². The van der Waals surface area contributed by atoms with Crippen LogP contribution in [0.2, 0.25) is 0 Å². The van der Waals surface area contributed by atoms with Crippen LogP contribution >= 0.6 is 0 Å². The number of fused-ring (bicyclic) bond motifs is 1. The van der Waals surface area contributed by atoms with E-state index in [0.29, 0.717) is 11.3 Å². The maximum atomic E-state index is 10.6. The van der Waals surface area contributed by atoms with Crippen LogP contribution in [-0.4, -0.2) is 16.7 Å². The van der Waals surface area contributed by atoms with Gasteiger partial charge in [-0.3, -0.25) is 0 Å². The van der Waals surface area contributed by atoms with E-state index < -0.39 is 5.97 Å². The van der Waals surface area contributed by atoms with E-state index in [-0.39, 0.29) is 5.60 Å². The third-order valence-corrected chi connectivity index (χ3v) is 4.50. The molecule has 0 aromatic heterocycles. The molecule has 1 aliphatic carbocycles. The van der Waals surface area contributed by atoms with Crippen LogP contribution < -0.4 is 10.5 Å². The third kappa shape index (κ3) is 2.86. The Hall–Kier alpha value is -2.23. The van der Waals surface area contributed by atoms with Crippen molar-refractivity contribution in [1.29, 1.82) is 0 Å². The molecule has 116 valence electrons. The van der Waals surface area contributed by atoms with E-state index in [4.69, 9.17) is 15.6 Å². The zero-order valence-electron chi connectivity index (χ0n) is 12.5. The van der Waals surface area contributed by atoms with E-state index in [0.717, 1.165) is 30.2 Å². The van der Waals surface area contributed by atoms with Gasteiger partial charge in [0.05, 0.1) is 0 Å². The summed E-state index contributed by atoms with van der Waals surface area (Å²) in [6.45, 7) is 0. The average Bonchev–Trinajstić information content (AvgIpc) is 2.72. The van der Waals surface area contributed by atoms with Gasteiger partial charge in [-0.1, -0.05) is 12.8 Å². The van der Waals surface area contributed by atoms with Crippen molar-refractivity contribution in [3.63, 3.8) is 0 Å². The van der Waals surface area contributed by atoms with Crippen molar-refractivity contribution >= 4 is 23.8 Å². The highest BCUT2D eigenvalue weighted by atomic mass is 16.5. The van der Waals surface area contributed by atoms with E-state index in [2.05, 4.69) is 6.08 Å². The van der Waals surface area contributed by atoms with Crippen molar-refractivity contribution in [2.75, 3.05) is 5.73 Å². The third-order valence-electron chi connectivity index (χ3n) is 4.50. The topological polar surface area (TPSA) is 72.6 Å². The Morgan fingerprint density at radius 1 is 1.23 bits per heavy atom. The van der Waals surface area contributed by atoms with E-state index in [1.807, 2.05) is 18.2 Å². The lowest BCUT2D eigenvalue weighted by Gasteiger charge is -2.34. The van der Waals surface area contributed by atoms with Crippen LogP contribution in [0.25, 0.3) is 12.2 Å². The molecule has 3 N–H and O–H groups in total. The molecule has 1 fully saturated rings. The molecular formula is C18H21NO3. The molecular weight excluding hydrogens is 278 g/mol. The molecule has 0 bridgehead atoms. The molecule has 4 nitrogen and oxygen atoms in total. The summed E-state index contributed by atoms with van der Waals surface area (Å²) in [5, 5.41) is 8.73. The predicted molar refractivity (Wildman–Crippen MR) is 87.6 cm³/mol. The van der Waals surface area contributed by atoms with Gasteiger partial charge in [-0.2, -0.15) is 0 Å². The van der Waals surface area contributed by atoms with Crippen molar-refractivity contribution < 1.29 is 14.6 Å². The Morgan fingerprint density at radius 2 is 1.95 bits per heavy atom. The van der Waals surface area contributed by atoms with E-state index in [1.54, 1.807) is 0 Å². The first-order chi connectivity index (χ1) is 10.6. The summed E-state index contributed by atoms with van der Waals surface area (Å²) in [7, 11) is 0. The zero-order chi connectivity index (χ0) is 15.6. The SMILES string of the molecule is Nc1c(/C=C/C(=O)O)ccc2c1C=CC1(CCCCCC1)O2. The molecule has 0 amide bonds. The van der Waals surface area contributed by atoms with Crippen LogP contribution in [0.5, 0.6) is 5.75 Å². The molecule has 2 aliphatic rings. The van der Waals surface area contributed by atoms with Gasteiger partial charge in [0.2, 0.25) is 0 Å². The largest absolute Gasteiger partial charge is 0.482 e. The van der Waals surface area contributed by atoms with Crippen LogP contribution in [-0.2, 0) is 4.79 Å². The summed E-state index contributed by atoms with van der Waals surface area (Å²) in [4.78, 5) is 10.6. The lowest BCUT2D eigenvalue weighted by molar-refractivity contribution is -0.131. The van der Waals surface area contributed by atoms with Gasteiger partial charge in [0.1, 0.15) is 11.4 Å². The number of hydrogen-bond acceptors (Lipinski definition) is 3. The first-order valence-corrected chi connectivity index (χ1v) is 7.81. The number of carbonyl (C=O) groups is 1. The Kier molecular flexibility index (Phi) is 3.92. The Morgan fingerprint density at radius 3 is 2.64 bits per heavy atom. The summed E-state index contributed by atoms with van der Waals surface area (Å²) < 4.78 is 6.29. The summed E-state index contributed by atoms with van der Waals surface area (Å²) in [6, 6.07) is 3.71. The molecule has 22 heavy (non-hydrogen) atoms. The molecule has 1 heterocycles. The van der Waals surface area contributed by atoms with Gasteiger partial charge >= 0.3 is 5.97 Å². The maximum absolute atomic E-state index is 10.6. The minimum Gasteiger partial charge on any atom is -0.482 e. The fraction of sp³-hybridized carbons (Fsp3) is 0.389. The zero-order valence-corrected chi connectivity index (χ0v) is 12.5. The number of nitrogen functional groups attached to an aromatic ring is 1. The summed E-state index contributed by atoms with van der Waals surface area (Å²) >= 11 is 0. The van der Waals surface area contributed by atoms with Gasteiger partial charge in [-0.15, -0.1) is 0 Å². The molecule has 1 aliphatic heterocycles. The fourth-order valence-corrected chi connectivity index (χ4v) is 3.28. The molecule has 0 unspecified atom stereocenters. The number of benzene rings is 1. The average molecular weight is 299 g/mol. The van der Waals surface area contributed by atoms with Gasteiger partial charge in [-0.05, 0) is 61.6 Å². The molecule has 1 spiro atoms. The molecule has 4 heteroatoms. The molecule has 0 radical (unpaired) electrons. The molecule has 0 saturated heterocycles. The monoisotopic (exact) mass is 299 g/mol. The smallest absolute Gasteiger partial charge is 0.328 e.